The summed E-state index contributed by atoms with van der Waals surface area (Å²) in [7, 11) is 3.48. The molecule has 0 fully saturated rings. The van der Waals surface area contributed by atoms with Gasteiger partial charge in [-0.2, -0.15) is 5.10 Å². The lowest BCUT2D eigenvalue weighted by Crippen LogP contribution is -2.03. The van der Waals surface area contributed by atoms with Gasteiger partial charge in [0.25, 0.3) is 0 Å². The number of methoxy groups -OCH3 is 1. The van der Waals surface area contributed by atoms with E-state index in [-0.39, 0.29) is 6.79 Å². The number of aryl methyl sites for hydroxylation is 2. The molecule has 0 bridgehead atoms. The average Bonchev–Trinajstić information content (AvgIpc) is 3.02. The van der Waals surface area contributed by atoms with Gasteiger partial charge in [-0.1, -0.05) is 11.6 Å². The second-order valence-electron chi connectivity index (χ2n) is 6.18. The fraction of sp³-hybridized carbons (Fsp3) is 0.211. The largest absolute Gasteiger partial charge is 0.466 e. The highest BCUT2D eigenvalue weighted by atomic mass is 79.9. The first kappa shape index (κ1) is 18.2. The molecule has 0 unspecified atom stereocenters. The summed E-state index contributed by atoms with van der Waals surface area (Å²) in [6.07, 6.45) is 3.66. The first-order valence-corrected chi connectivity index (χ1v) is 9.36. The summed E-state index contributed by atoms with van der Waals surface area (Å²) >= 11 is 9.94. The van der Waals surface area contributed by atoms with E-state index < -0.39 is 0 Å². The highest BCUT2D eigenvalue weighted by Gasteiger charge is 2.18. The Morgan fingerprint density at radius 1 is 1.26 bits per heavy atom. The molecule has 8 heteroatoms. The molecule has 0 atom stereocenters. The van der Waals surface area contributed by atoms with Crippen LogP contribution in [0.4, 0.5) is 0 Å². The standard InChI is InChI=1S/C19H16BrClN4O2/c1-10-17-11(8-25(2)24-17)4-14(18(10)27-9-26-3)16-6-15(21)13-5-12(20)7-22-19(13)23-16/h4-8H,9H2,1-3H3. The van der Waals surface area contributed by atoms with Gasteiger partial charge in [-0.25, -0.2) is 9.97 Å². The third kappa shape index (κ3) is 3.26. The molecule has 3 aromatic heterocycles. The Labute approximate surface area is 169 Å². The second kappa shape index (κ2) is 7.07. The van der Waals surface area contributed by atoms with Crippen molar-refractivity contribution in [1.29, 1.82) is 0 Å². The van der Waals surface area contributed by atoms with Crippen molar-refractivity contribution in [1.82, 2.24) is 19.7 Å². The van der Waals surface area contributed by atoms with Gasteiger partial charge in [0.05, 0.1) is 16.2 Å². The first-order valence-electron chi connectivity index (χ1n) is 8.19. The Balaban J connectivity index is 1.99. The Kier molecular flexibility index (Phi) is 4.75. The average molecular weight is 448 g/mol. The van der Waals surface area contributed by atoms with E-state index in [1.807, 2.05) is 38.4 Å². The summed E-state index contributed by atoms with van der Waals surface area (Å²) in [6, 6.07) is 5.73. The molecule has 0 amide bonds. The predicted molar refractivity (Wildman–Crippen MR) is 109 cm³/mol. The van der Waals surface area contributed by atoms with Gasteiger partial charge in [-0.15, -0.1) is 0 Å². The lowest BCUT2D eigenvalue weighted by atomic mass is 10.0. The first-order chi connectivity index (χ1) is 13.0. The lowest BCUT2D eigenvalue weighted by Gasteiger charge is -2.14. The normalized spacial score (nSPS) is 11.4. The van der Waals surface area contributed by atoms with Crippen LogP contribution in [0.2, 0.25) is 5.02 Å². The van der Waals surface area contributed by atoms with Crippen LogP contribution in [0.3, 0.4) is 0 Å². The SMILES string of the molecule is COCOc1c(-c2cc(Cl)c3cc(Br)cnc3n2)cc2cn(C)nc2c1C. The Morgan fingerprint density at radius 2 is 2.07 bits per heavy atom. The molecular formula is C19H16BrClN4O2. The smallest absolute Gasteiger partial charge is 0.188 e. The predicted octanol–water partition coefficient (Wildman–Crippen LogP) is 4.89. The van der Waals surface area contributed by atoms with E-state index in [4.69, 9.17) is 26.1 Å². The van der Waals surface area contributed by atoms with Crippen molar-refractivity contribution in [3.63, 3.8) is 0 Å². The van der Waals surface area contributed by atoms with E-state index in [2.05, 4.69) is 26.0 Å². The zero-order valence-corrected chi connectivity index (χ0v) is 17.3. The van der Waals surface area contributed by atoms with E-state index in [1.54, 1.807) is 18.0 Å². The van der Waals surface area contributed by atoms with Gasteiger partial charge in [0.15, 0.2) is 12.4 Å². The third-order valence-electron chi connectivity index (χ3n) is 4.27. The van der Waals surface area contributed by atoms with Crippen LogP contribution in [0.15, 0.2) is 35.1 Å². The van der Waals surface area contributed by atoms with Gasteiger partial charge < -0.3 is 9.47 Å². The molecule has 0 saturated heterocycles. The monoisotopic (exact) mass is 446 g/mol. The molecule has 4 rings (SSSR count). The lowest BCUT2D eigenvalue weighted by molar-refractivity contribution is 0.0511. The molecule has 27 heavy (non-hydrogen) atoms. The summed E-state index contributed by atoms with van der Waals surface area (Å²) < 4.78 is 13.6. The zero-order valence-electron chi connectivity index (χ0n) is 15.0. The minimum absolute atomic E-state index is 0.124. The van der Waals surface area contributed by atoms with Crippen molar-refractivity contribution in [2.45, 2.75) is 6.92 Å². The van der Waals surface area contributed by atoms with E-state index in [0.717, 1.165) is 31.9 Å². The van der Waals surface area contributed by atoms with E-state index in [9.17, 15) is 0 Å². The maximum Gasteiger partial charge on any atom is 0.188 e. The molecule has 0 spiro atoms. The number of nitrogens with zero attached hydrogens (tertiary/aromatic N) is 4. The van der Waals surface area contributed by atoms with Crippen molar-refractivity contribution in [3.05, 3.63) is 45.7 Å². The number of aromatic nitrogens is 4. The fourth-order valence-electron chi connectivity index (χ4n) is 3.11. The van der Waals surface area contributed by atoms with Crippen molar-refractivity contribution in [2.75, 3.05) is 13.9 Å². The molecular weight excluding hydrogens is 432 g/mol. The van der Waals surface area contributed by atoms with Crippen molar-refractivity contribution in [2.24, 2.45) is 7.05 Å². The van der Waals surface area contributed by atoms with Crippen molar-refractivity contribution < 1.29 is 9.47 Å². The minimum Gasteiger partial charge on any atom is -0.466 e. The summed E-state index contributed by atoms with van der Waals surface area (Å²) in [5.41, 5.74) is 3.87. The zero-order chi connectivity index (χ0) is 19.1. The van der Waals surface area contributed by atoms with Gasteiger partial charge in [-0.3, -0.25) is 4.68 Å². The van der Waals surface area contributed by atoms with Crippen LogP contribution >= 0.6 is 27.5 Å². The third-order valence-corrected chi connectivity index (χ3v) is 5.02. The number of hydrogen-bond acceptors (Lipinski definition) is 5. The number of ether oxygens (including phenoxy) is 2. The van der Waals surface area contributed by atoms with Crippen LogP contribution in [0.1, 0.15) is 5.56 Å². The van der Waals surface area contributed by atoms with Gasteiger partial charge in [0, 0.05) is 52.9 Å². The molecule has 0 radical (unpaired) electrons. The van der Waals surface area contributed by atoms with Gasteiger partial charge in [-0.05, 0) is 41.1 Å². The second-order valence-corrected chi connectivity index (χ2v) is 7.51. The number of fused-ring (bicyclic) bond motifs is 2. The molecule has 138 valence electrons. The van der Waals surface area contributed by atoms with Crippen LogP contribution in [0.25, 0.3) is 33.2 Å². The molecule has 1 aromatic carbocycles. The highest BCUT2D eigenvalue weighted by molar-refractivity contribution is 9.10. The summed E-state index contributed by atoms with van der Waals surface area (Å²) in [5, 5.41) is 6.88. The van der Waals surface area contributed by atoms with Crippen LogP contribution in [-0.4, -0.2) is 33.7 Å². The Morgan fingerprint density at radius 3 is 2.85 bits per heavy atom. The van der Waals surface area contributed by atoms with E-state index >= 15 is 0 Å². The molecule has 0 saturated carbocycles. The van der Waals surface area contributed by atoms with E-state index in [1.165, 1.54) is 0 Å². The molecule has 3 heterocycles. The van der Waals surface area contributed by atoms with Gasteiger partial charge in [0.1, 0.15) is 5.75 Å². The number of benzene rings is 1. The van der Waals surface area contributed by atoms with Crippen LogP contribution < -0.4 is 4.74 Å². The Bertz CT molecular complexity index is 1180. The molecule has 0 aliphatic carbocycles. The van der Waals surface area contributed by atoms with Gasteiger partial charge >= 0.3 is 0 Å². The molecule has 6 nitrogen and oxygen atoms in total. The Hall–Kier alpha value is -2.22. The van der Waals surface area contributed by atoms with Crippen molar-refractivity contribution >= 4 is 49.5 Å². The van der Waals surface area contributed by atoms with Crippen LogP contribution in [-0.2, 0) is 11.8 Å². The molecule has 4 aromatic rings. The van der Waals surface area contributed by atoms with Crippen LogP contribution in [0.5, 0.6) is 5.75 Å². The summed E-state index contributed by atoms with van der Waals surface area (Å²) in [5.74, 6) is 0.670. The van der Waals surface area contributed by atoms with Crippen LogP contribution in [0, 0.1) is 6.92 Å². The van der Waals surface area contributed by atoms with Gasteiger partial charge in [0.2, 0.25) is 0 Å². The number of rotatable bonds is 4. The number of hydrogen-bond donors (Lipinski definition) is 0. The topological polar surface area (TPSA) is 62.1 Å². The quantitative estimate of drug-likeness (QED) is 0.417. The molecule has 0 aliphatic rings. The maximum absolute atomic E-state index is 6.52. The number of halogens is 2. The minimum atomic E-state index is 0.124. The maximum atomic E-state index is 6.52. The summed E-state index contributed by atoms with van der Waals surface area (Å²) in [6.45, 7) is 2.10. The van der Waals surface area contributed by atoms with E-state index in [0.29, 0.717) is 22.1 Å². The molecule has 0 N–H and O–H groups in total. The summed E-state index contributed by atoms with van der Waals surface area (Å²) in [4.78, 5) is 9.09. The van der Waals surface area contributed by atoms with Crippen molar-refractivity contribution in [3.8, 4) is 17.0 Å². The fourth-order valence-corrected chi connectivity index (χ4v) is 3.68. The number of pyridine rings is 2. The molecule has 0 aliphatic heterocycles. The highest BCUT2D eigenvalue weighted by Crippen LogP contribution is 2.39.